The summed E-state index contributed by atoms with van der Waals surface area (Å²) in [5.74, 6) is -0.489. The Morgan fingerprint density at radius 2 is 1.43 bits per heavy atom. The van der Waals surface area contributed by atoms with Gasteiger partial charge in [-0.2, -0.15) is 0 Å². The van der Waals surface area contributed by atoms with Crippen molar-refractivity contribution in [2.24, 2.45) is 5.73 Å². The lowest BCUT2D eigenvalue weighted by molar-refractivity contribution is 0.0290. The molecule has 0 heterocycles. The van der Waals surface area contributed by atoms with Gasteiger partial charge in [0.2, 0.25) is 0 Å². The van der Waals surface area contributed by atoms with Crippen LogP contribution in [-0.4, -0.2) is 18.0 Å². The minimum Gasteiger partial charge on any atom is -0.443 e. The molecule has 4 nitrogen and oxygen atoms in total. The van der Waals surface area contributed by atoms with E-state index in [1.807, 2.05) is 24.3 Å². The minimum atomic E-state index is -0.787. The van der Waals surface area contributed by atoms with Crippen LogP contribution in [-0.2, 0) is 4.74 Å². The second kappa shape index (κ2) is 7.36. The summed E-state index contributed by atoms with van der Waals surface area (Å²) >= 11 is 0. The minimum absolute atomic E-state index is 0.0122. The second-order valence-electron chi connectivity index (χ2n) is 4.64. The van der Waals surface area contributed by atoms with Crippen molar-refractivity contribution in [2.75, 3.05) is 0 Å². The predicted octanol–water partition coefficient (Wildman–Crippen LogP) is 2.79. The third-order valence-corrected chi connectivity index (χ3v) is 3.02. The first-order valence-corrected chi connectivity index (χ1v) is 6.76. The molecule has 1 unspecified atom stereocenters. The fraction of sp³-hybridized carbons (Fsp3) is 0.176. The number of carbonyl (C=O) groups is 2. The molecule has 0 aliphatic carbocycles. The number of benzene rings is 2. The molecular weight excluding hydrogens is 266 g/mol. The molecule has 108 valence electrons. The largest absolute Gasteiger partial charge is 0.443 e. The highest BCUT2D eigenvalue weighted by atomic mass is 16.6. The van der Waals surface area contributed by atoms with Crippen molar-refractivity contribution in [1.82, 2.24) is 0 Å². The summed E-state index contributed by atoms with van der Waals surface area (Å²) in [5, 5.41) is 0. The fourth-order valence-corrected chi connectivity index (χ4v) is 1.88. The molecule has 2 N–H and O–H groups in total. The van der Waals surface area contributed by atoms with Crippen molar-refractivity contribution in [1.29, 1.82) is 0 Å². The van der Waals surface area contributed by atoms with Crippen molar-refractivity contribution in [2.45, 2.75) is 19.1 Å². The molecule has 2 aromatic rings. The first-order valence-electron chi connectivity index (χ1n) is 6.76. The molecule has 2 aromatic carbocycles. The van der Waals surface area contributed by atoms with Crippen LogP contribution in [0.5, 0.6) is 0 Å². The van der Waals surface area contributed by atoms with Gasteiger partial charge < -0.3 is 4.74 Å². The second-order valence-corrected chi connectivity index (χ2v) is 4.64. The fourth-order valence-electron chi connectivity index (χ4n) is 1.88. The van der Waals surface area contributed by atoms with E-state index >= 15 is 0 Å². The SMILES string of the molecule is NC(CCC(=O)c1ccccc1)OC(=O)c1ccccc1. The Kier molecular flexibility index (Phi) is 5.23. The molecule has 0 spiro atoms. The topological polar surface area (TPSA) is 69.4 Å². The molecule has 0 aromatic heterocycles. The summed E-state index contributed by atoms with van der Waals surface area (Å²) in [6.45, 7) is 0. The summed E-state index contributed by atoms with van der Waals surface area (Å²) in [6.07, 6.45) is -0.245. The smallest absolute Gasteiger partial charge is 0.339 e. The number of esters is 1. The average molecular weight is 283 g/mol. The van der Waals surface area contributed by atoms with Gasteiger partial charge in [0.15, 0.2) is 12.0 Å². The summed E-state index contributed by atoms with van der Waals surface area (Å²) < 4.78 is 5.11. The van der Waals surface area contributed by atoms with Gasteiger partial charge in [-0.3, -0.25) is 10.5 Å². The molecule has 21 heavy (non-hydrogen) atoms. The quantitative estimate of drug-likeness (QED) is 0.503. The van der Waals surface area contributed by atoms with E-state index in [0.29, 0.717) is 17.5 Å². The van der Waals surface area contributed by atoms with Crippen LogP contribution in [0.4, 0.5) is 0 Å². The van der Waals surface area contributed by atoms with E-state index in [4.69, 9.17) is 10.5 Å². The molecule has 0 aliphatic heterocycles. The molecule has 0 saturated carbocycles. The standard InChI is InChI=1S/C17H17NO3/c18-16(21-17(20)14-9-5-2-6-10-14)12-11-15(19)13-7-3-1-4-8-13/h1-10,16H,11-12,18H2. The van der Waals surface area contributed by atoms with Crippen LogP contribution in [0.1, 0.15) is 33.6 Å². The average Bonchev–Trinajstić information content (AvgIpc) is 2.54. The monoisotopic (exact) mass is 283 g/mol. The van der Waals surface area contributed by atoms with Gasteiger partial charge >= 0.3 is 5.97 Å². The molecule has 2 rings (SSSR count). The Labute approximate surface area is 123 Å². The van der Waals surface area contributed by atoms with Gasteiger partial charge in [-0.15, -0.1) is 0 Å². The maximum absolute atomic E-state index is 11.9. The predicted molar refractivity (Wildman–Crippen MR) is 79.8 cm³/mol. The van der Waals surface area contributed by atoms with Crippen molar-refractivity contribution >= 4 is 11.8 Å². The van der Waals surface area contributed by atoms with E-state index in [0.717, 1.165) is 0 Å². The Morgan fingerprint density at radius 3 is 2.00 bits per heavy atom. The zero-order chi connectivity index (χ0) is 15.1. The third kappa shape index (κ3) is 4.54. The van der Waals surface area contributed by atoms with Crippen LogP contribution >= 0.6 is 0 Å². The first kappa shape index (κ1) is 14.9. The summed E-state index contributed by atoms with van der Waals surface area (Å²) in [5.41, 5.74) is 6.83. The lowest BCUT2D eigenvalue weighted by Gasteiger charge is -2.12. The van der Waals surface area contributed by atoms with E-state index in [2.05, 4.69) is 0 Å². The van der Waals surface area contributed by atoms with Gasteiger partial charge in [-0.1, -0.05) is 48.5 Å². The van der Waals surface area contributed by atoms with Gasteiger partial charge in [0.25, 0.3) is 0 Å². The van der Waals surface area contributed by atoms with Gasteiger partial charge in [0, 0.05) is 18.4 Å². The van der Waals surface area contributed by atoms with Crippen LogP contribution in [0.3, 0.4) is 0 Å². The first-order chi connectivity index (χ1) is 10.2. The number of Topliss-reactive ketones (excluding diaryl/α,β-unsaturated/α-hetero) is 1. The van der Waals surface area contributed by atoms with Crippen molar-refractivity contribution in [3.8, 4) is 0 Å². The van der Waals surface area contributed by atoms with Gasteiger partial charge in [0.05, 0.1) is 5.56 Å². The van der Waals surface area contributed by atoms with Crippen molar-refractivity contribution < 1.29 is 14.3 Å². The van der Waals surface area contributed by atoms with Crippen LogP contribution in [0.2, 0.25) is 0 Å². The van der Waals surface area contributed by atoms with Crippen LogP contribution in [0.25, 0.3) is 0 Å². The van der Waals surface area contributed by atoms with Gasteiger partial charge in [0.1, 0.15) is 0 Å². The molecule has 0 radical (unpaired) electrons. The zero-order valence-corrected chi connectivity index (χ0v) is 11.6. The molecule has 0 bridgehead atoms. The van der Waals surface area contributed by atoms with Crippen LogP contribution < -0.4 is 5.73 Å². The van der Waals surface area contributed by atoms with Gasteiger partial charge in [-0.25, -0.2) is 4.79 Å². The van der Waals surface area contributed by atoms with E-state index in [9.17, 15) is 9.59 Å². The molecule has 0 saturated heterocycles. The van der Waals surface area contributed by atoms with E-state index in [1.54, 1.807) is 36.4 Å². The van der Waals surface area contributed by atoms with Gasteiger partial charge in [-0.05, 0) is 12.1 Å². The molecular formula is C17H17NO3. The number of ether oxygens (including phenoxy) is 1. The molecule has 0 fully saturated rings. The zero-order valence-electron chi connectivity index (χ0n) is 11.6. The number of carbonyl (C=O) groups excluding carboxylic acids is 2. The van der Waals surface area contributed by atoms with Crippen LogP contribution in [0, 0.1) is 0 Å². The Balaban J connectivity index is 1.81. The number of nitrogens with two attached hydrogens (primary N) is 1. The Morgan fingerprint density at radius 1 is 0.905 bits per heavy atom. The molecule has 0 aliphatic rings. The lowest BCUT2D eigenvalue weighted by Crippen LogP contribution is -2.28. The van der Waals surface area contributed by atoms with E-state index < -0.39 is 12.2 Å². The van der Waals surface area contributed by atoms with Crippen molar-refractivity contribution in [3.05, 3.63) is 71.8 Å². The van der Waals surface area contributed by atoms with Crippen molar-refractivity contribution in [3.63, 3.8) is 0 Å². The number of hydrogen-bond acceptors (Lipinski definition) is 4. The number of ketones is 1. The Bertz CT molecular complexity index is 596. The third-order valence-electron chi connectivity index (χ3n) is 3.02. The maximum Gasteiger partial charge on any atom is 0.339 e. The normalized spacial score (nSPS) is 11.7. The molecule has 1 atom stereocenters. The highest BCUT2D eigenvalue weighted by Crippen LogP contribution is 2.09. The maximum atomic E-state index is 11.9. The molecule has 4 heteroatoms. The van der Waals surface area contributed by atoms with E-state index in [-0.39, 0.29) is 12.2 Å². The number of hydrogen-bond donors (Lipinski definition) is 1. The van der Waals surface area contributed by atoms with Crippen LogP contribution in [0.15, 0.2) is 60.7 Å². The summed E-state index contributed by atoms with van der Waals surface area (Å²) in [7, 11) is 0. The highest BCUT2D eigenvalue weighted by Gasteiger charge is 2.14. The number of rotatable bonds is 6. The lowest BCUT2D eigenvalue weighted by atomic mass is 10.1. The Hall–Kier alpha value is -2.46. The molecule has 0 amide bonds. The summed E-state index contributed by atoms with van der Waals surface area (Å²) in [6, 6.07) is 17.6. The highest BCUT2D eigenvalue weighted by molar-refractivity contribution is 5.96. The van der Waals surface area contributed by atoms with E-state index in [1.165, 1.54) is 0 Å². The summed E-state index contributed by atoms with van der Waals surface area (Å²) in [4.78, 5) is 23.7.